The average molecular weight is 640 g/mol. The smallest absolute Gasteiger partial charge is 0.350 e. The van der Waals surface area contributed by atoms with Crippen LogP contribution in [0.4, 0.5) is 35.1 Å². The van der Waals surface area contributed by atoms with Crippen molar-refractivity contribution in [2.75, 3.05) is 6.61 Å². The van der Waals surface area contributed by atoms with Crippen molar-refractivity contribution in [2.24, 2.45) is 5.92 Å². The number of aromatic nitrogens is 5. The quantitative estimate of drug-likeness (QED) is 0.238. The lowest BCUT2D eigenvalue weighted by Gasteiger charge is -2.33. The Labute approximate surface area is 244 Å². The van der Waals surface area contributed by atoms with E-state index in [1.165, 1.54) is 0 Å². The maximum absolute atomic E-state index is 14.0. The lowest BCUT2D eigenvalue weighted by Crippen LogP contribution is -2.38. The third-order valence-corrected chi connectivity index (χ3v) is 7.27. The molecule has 2 aromatic heterocycles. The monoisotopic (exact) mass is 639 g/mol. The summed E-state index contributed by atoms with van der Waals surface area (Å²) < 4.78 is 107. The molecule has 4 rings (SSSR count). The van der Waals surface area contributed by atoms with Gasteiger partial charge in [0.25, 0.3) is 5.91 Å². The van der Waals surface area contributed by atoms with E-state index in [0.29, 0.717) is 16.6 Å². The van der Waals surface area contributed by atoms with E-state index in [1.807, 2.05) is 0 Å². The molecule has 3 aromatic rings. The molecule has 3 N–H and O–H groups in total. The van der Waals surface area contributed by atoms with Gasteiger partial charge in [0.1, 0.15) is 11.5 Å². The molecule has 1 aliphatic carbocycles. The summed E-state index contributed by atoms with van der Waals surface area (Å²) in [5.74, 6) is -4.68. The van der Waals surface area contributed by atoms with Crippen molar-refractivity contribution in [3.63, 3.8) is 0 Å². The molecule has 2 amide bonds. The number of imidazole rings is 1. The maximum Gasteiger partial charge on any atom is 0.522 e. The van der Waals surface area contributed by atoms with Crippen molar-refractivity contribution in [3.05, 3.63) is 41.5 Å². The Hall–Kier alpha value is -3.83. The number of amides is 2. The molecule has 1 saturated carbocycles. The standard InChI is InChI=1S/C26H29F8N7O3/c1-14(36-20(42)6-9-25(29,30)31)16-2-3-17-18(12-16)38-22(37-17)21(15-4-7-24(27,28)8-5-15)39-23(43)19-13-35-40-41(19)10-11-44-26(32,33)34/h2-3,12-15,21H,4-11H2,1H3,(H,36,42)(H,37,38)(H,39,43)/t14-,21+/m1/s1. The number of H-pyrrole nitrogens is 1. The van der Waals surface area contributed by atoms with E-state index in [0.717, 1.165) is 10.9 Å². The van der Waals surface area contributed by atoms with Crippen molar-refractivity contribution in [1.29, 1.82) is 0 Å². The van der Waals surface area contributed by atoms with Crippen LogP contribution in [0.1, 0.15) is 79.4 Å². The topological polar surface area (TPSA) is 127 Å². The van der Waals surface area contributed by atoms with E-state index in [9.17, 15) is 44.7 Å². The fourth-order valence-electron chi connectivity index (χ4n) is 4.98. The van der Waals surface area contributed by atoms with Gasteiger partial charge in [-0.2, -0.15) is 13.2 Å². The van der Waals surface area contributed by atoms with Crippen LogP contribution < -0.4 is 10.6 Å². The number of rotatable bonds is 11. The van der Waals surface area contributed by atoms with Gasteiger partial charge in [0.15, 0.2) is 0 Å². The second kappa shape index (κ2) is 13.0. The molecule has 2 atom stereocenters. The number of carbonyl (C=O) groups excluding carboxylic acids is 2. The SMILES string of the molecule is C[C@@H](NC(=O)CCC(F)(F)F)c1ccc2nc([C@@H](NC(=O)c3cnnn3CCOC(F)(F)F)C3CCC(F)(F)CC3)[nH]c2c1. The van der Waals surface area contributed by atoms with E-state index in [-0.39, 0.29) is 24.4 Å². The van der Waals surface area contributed by atoms with Crippen LogP contribution >= 0.6 is 0 Å². The minimum absolute atomic E-state index is 0.0398. The first kappa shape index (κ1) is 33.1. The molecule has 0 radical (unpaired) electrons. The minimum Gasteiger partial charge on any atom is -0.350 e. The van der Waals surface area contributed by atoms with Crippen molar-refractivity contribution in [2.45, 2.75) is 82.5 Å². The number of carbonyl (C=O) groups is 2. The Morgan fingerprint density at radius 2 is 1.84 bits per heavy atom. The van der Waals surface area contributed by atoms with Gasteiger partial charge in [-0.1, -0.05) is 11.3 Å². The molecule has 1 aromatic carbocycles. The molecule has 0 bridgehead atoms. The van der Waals surface area contributed by atoms with E-state index < -0.39 is 87.1 Å². The molecule has 0 unspecified atom stereocenters. The van der Waals surface area contributed by atoms with Crippen LogP contribution in [0, 0.1) is 5.92 Å². The molecule has 2 heterocycles. The predicted molar refractivity (Wildman–Crippen MR) is 137 cm³/mol. The van der Waals surface area contributed by atoms with Gasteiger partial charge in [0, 0.05) is 19.3 Å². The van der Waals surface area contributed by atoms with E-state index in [1.54, 1.807) is 25.1 Å². The summed E-state index contributed by atoms with van der Waals surface area (Å²) in [6, 6.07) is 3.26. The Morgan fingerprint density at radius 3 is 2.50 bits per heavy atom. The summed E-state index contributed by atoms with van der Waals surface area (Å²) in [4.78, 5) is 32.8. The number of alkyl halides is 8. The molecule has 242 valence electrons. The van der Waals surface area contributed by atoms with Gasteiger partial charge < -0.3 is 15.6 Å². The molecule has 44 heavy (non-hydrogen) atoms. The van der Waals surface area contributed by atoms with Crippen LogP contribution in [0.3, 0.4) is 0 Å². The van der Waals surface area contributed by atoms with Crippen LogP contribution in [-0.4, -0.2) is 61.8 Å². The molecule has 18 heteroatoms. The zero-order chi connectivity index (χ0) is 32.3. The lowest BCUT2D eigenvalue weighted by atomic mass is 9.81. The number of halogens is 8. The molecular formula is C26H29F8N7O3. The van der Waals surface area contributed by atoms with E-state index >= 15 is 0 Å². The highest BCUT2D eigenvalue weighted by molar-refractivity contribution is 5.92. The van der Waals surface area contributed by atoms with Crippen LogP contribution in [0.25, 0.3) is 11.0 Å². The van der Waals surface area contributed by atoms with Gasteiger partial charge in [-0.25, -0.2) is 18.4 Å². The van der Waals surface area contributed by atoms with Crippen molar-refractivity contribution >= 4 is 22.8 Å². The fraction of sp³-hybridized carbons (Fsp3) is 0.577. The number of nitrogens with zero attached hydrogens (tertiary/aromatic N) is 4. The van der Waals surface area contributed by atoms with Gasteiger partial charge in [-0.15, -0.1) is 18.3 Å². The second-order valence-electron chi connectivity index (χ2n) is 10.6. The largest absolute Gasteiger partial charge is 0.522 e. The summed E-state index contributed by atoms with van der Waals surface area (Å²) in [6.07, 6.45) is -11.1. The lowest BCUT2D eigenvalue weighted by molar-refractivity contribution is -0.325. The average Bonchev–Trinajstić information content (AvgIpc) is 3.56. The van der Waals surface area contributed by atoms with Crippen LogP contribution in [-0.2, 0) is 16.1 Å². The molecule has 0 saturated heterocycles. The first-order chi connectivity index (χ1) is 20.5. The summed E-state index contributed by atoms with van der Waals surface area (Å²) in [6.45, 7) is 0.314. The Morgan fingerprint density at radius 1 is 1.14 bits per heavy atom. The Bertz CT molecular complexity index is 1440. The van der Waals surface area contributed by atoms with Gasteiger partial charge in [-0.05, 0) is 43.4 Å². The maximum atomic E-state index is 14.0. The number of aromatic amines is 1. The number of hydrogen-bond donors (Lipinski definition) is 3. The fourth-order valence-corrected chi connectivity index (χ4v) is 4.98. The first-order valence-corrected chi connectivity index (χ1v) is 13.6. The highest BCUT2D eigenvalue weighted by atomic mass is 19.4. The normalized spacial score (nSPS) is 17.4. The number of fused-ring (bicyclic) bond motifs is 1. The zero-order valence-corrected chi connectivity index (χ0v) is 23.2. The third-order valence-electron chi connectivity index (χ3n) is 7.27. The third kappa shape index (κ3) is 9.09. The highest BCUT2D eigenvalue weighted by Gasteiger charge is 2.40. The summed E-state index contributed by atoms with van der Waals surface area (Å²) in [5.41, 5.74) is 1.23. The predicted octanol–water partition coefficient (Wildman–Crippen LogP) is 5.51. The second-order valence-corrected chi connectivity index (χ2v) is 10.6. The molecule has 1 fully saturated rings. The number of ether oxygens (including phenoxy) is 1. The molecular weight excluding hydrogens is 610 g/mol. The van der Waals surface area contributed by atoms with E-state index in [2.05, 4.69) is 35.7 Å². The highest BCUT2D eigenvalue weighted by Crippen LogP contribution is 2.41. The minimum atomic E-state index is -4.88. The van der Waals surface area contributed by atoms with Gasteiger partial charge in [0.05, 0.1) is 48.9 Å². The van der Waals surface area contributed by atoms with E-state index in [4.69, 9.17) is 0 Å². The van der Waals surface area contributed by atoms with Crippen LogP contribution in [0.15, 0.2) is 24.4 Å². The molecule has 0 spiro atoms. The summed E-state index contributed by atoms with van der Waals surface area (Å²) >= 11 is 0. The molecule has 1 aliphatic rings. The summed E-state index contributed by atoms with van der Waals surface area (Å²) in [7, 11) is 0. The van der Waals surface area contributed by atoms with Crippen molar-refractivity contribution in [3.8, 4) is 0 Å². The van der Waals surface area contributed by atoms with Crippen molar-refractivity contribution in [1.82, 2.24) is 35.6 Å². The number of benzene rings is 1. The Kier molecular flexibility index (Phi) is 9.80. The summed E-state index contributed by atoms with van der Waals surface area (Å²) in [5, 5.41) is 12.5. The zero-order valence-electron chi connectivity index (χ0n) is 23.2. The van der Waals surface area contributed by atoms with Gasteiger partial charge in [-0.3, -0.25) is 14.3 Å². The van der Waals surface area contributed by atoms with Gasteiger partial charge in [0.2, 0.25) is 11.8 Å². The molecule has 0 aliphatic heterocycles. The first-order valence-electron chi connectivity index (χ1n) is 13.6. The van der Waals surface area contributed by atoms with Crippen LogP contribution in [0.2, 0.25) is 0 Å². The van der Waals surface area contributed by atoms with Crippen molar-refractivity contribution < 1.29 is 49.4 Å². The van der Waals surface area contributed by atoms with Crippen LogP contribution in [0.5, 0.6) is 0 Å². The number of nitrogens with one attached hydrogen (secondary N) is 3. The number of hydrogen-bond acceptors (Lipinski definition) is 6. The molecule has 10 nitrogen and oxygen atoms in total. The van der Waals surface area contributed by atoms with Gasteiger partial charge >= 0.3 is 12.5 Å². The Balaban J connectivity index is 1.54.